The van der Waals surface area contributed by atoms with Gasteiger partial charge in [0.2, 0.25) is 0 Å². The summed E-state index contributed by atoms with van der Waals surface area (Å²) < 4.78 is 17.2. The third-order valence-corrected chi connectivity index (χ3v) is 14.2. The normalized spacial score (nSPS) is 19.5. The molecule has 0 saturated carbocycles. The zero-order valence-electron chi connectivity index (χ0n) is 42.4. The Labute approximate surface area is 382 Å². The molecule has 14 unspecified atom stereocenters. The van der Waals surface area contributed by atoms with Crippen molar-refractivity contribution in [1.82, 2.24) is 0 Å². The smallest absolute Gasteiger partial charge is 0.149 e. The summed E-state index contributed by atoms with van der Waals surface area (Å²) in [6, 6.07) is 0. The number of ether oxygens (including phenoxy) is 3. The van der Waals surface area contributed by atoms with Gasteiger partial charge in [-0.3, -0.25) is 0 Å². The molecule has 356 valence electrons. The quantitative estimate of drug-likeness (QED) is 0.0347. The van der Waals surface area contributed by atoms with Gasteiger partial charge in [0.1, 0.15) is 13.6 Å². The van der Waals surface area contributed by atoms with E-state index >= 15 is 0 Å². The third kappa shape index (κ3) is 37.5. The van der Waals surface area contributed by atoms with Crippen LogP contribution < -0.4 is 0 Å². The number of hydrogen-bond donors (Lipinski definition) is 0. The fourth-order valence-corrected chi connectivity index (χ4v) is 12.2. The Morgan fingerprint density at radius 2 is 0.441 bits per heavy atom. The molecular weight excluding hydrogens is 767 g/mol. The molecule has 0 fully saturated rings. The fourth-order valence-electron chi connectivity index (χ4n) is 11.9. The largest absolute Gasteiger partial charge is 0.355 e. The van der Waals surface area contributed by atoms with Gasteiger partial charge in [-0.05, 0) is 211 Å². The predicted octanol–water partition coefficient (Wildman–Crippen LogP) is 18.1. The van der Waals surface area contributed by atoms with E-state index < -0.39 is 0 Å². The molecule has 0 radical (unpaired) electrons. The Kier molecular flexibility index (Phi) is 38.1. The summed E-state index contributed by atoms with van der Waals surface area (Å²) in [5.74, 6) is 12.9. The molecule has 0 aliphatic carbocycles. The average molecular weight is 876 g/mol. The van der Waals surface area contributed by atoms with E-state index in [1.165, 1.54) is 103 Å². The summed E-state index contributed by atoms with van der Waals surface area (Å²) in [4.78, 5) is 0. The van der Waals surface area contributed by atoms with Crippen LogP contribution in [-0.4, -0.2) is 38.6 Å². The van der Waals surface area contributed by atoms with Crippen molar-refractivity contribution in [3.05, 3.63) is 0 Å². The first-order chi connectivity index (χ1) is 27.9. The third-order valence-electron chi connectivity index (χ3n) is 13.6. The van der Waals surface area contributed by atoms with Crippen molar-refractivity contribution in [2.75, 3.05) is 38.6 Å². The van der Waals surface area contributed by atoms with Crippen LogP contribution in [0.3, 0.4) is 0 Å². The van der Waals surface area contributed by atoms with E-state index in [1.54, 1.807) is 0 Å². The highest BCUT2D eigenvalue weighted by molar-refractivity contribution is 6.18. The Hall–Kier alpha value is 0.460. The first-order valence-electron chi connectivity index (χ1n) is 25.8. The van der Waals surface area contributed by atoms with Crippen LogP contribution in [0.4, 0.5) is 0 Å². The maximum atomic E-state index is 5.91. The minimum atomic E-state index is 0.336. The van der Waals surface area contributed by atoms with Gasteiger partial charge >= 0.3 is 0 Å². The monoisotopic (exact) mass is 875 g/mol. The van der Waals surface area contributed by atoms with Crippen LogP contribution in [0.5, 0.6) is 0 Å². The van der Waals surface area contributed by atoms with Crippen molar-refractivity contribution < 1.29 is 14.2 Å². The molecular formula is C54H108Cl2O3. The second-order valence-electron chi connectivity index (χ2n) is 22.5. The van der Waals surface area contributed by atoms with Crippen LogP contribution in [0.1, 0.15) is 225 Å². The maximum Gasteiger partial charge on any atom is 0.149 e. The van der Waals surface area contributed by atoms with Gasteiger partial charge in [-0.25, -0.2) is 0 Å². The summed E-state index contributed by atoms with van der Waals surface area (Å²) >= 11 is 11.8. The molecule has 0 rings (SSSR count). The van der Waals surface area contributed by atoms with Gasteiger partial charge in [0.15, 0.2) is 0 Å². The standard InChI is InChI=1S/C54H108Cl2O3/c1-41(19-15-23-55)27-45(5)31-49(9)35-53(13)37-51(11)33-47(7)29-43(3)21-17-25-57-39-59-40-58-26-18-22-44(4)30-48(8)34-52(12)38-54(14)36-50(10)32-46(6)28-42(2)20-16-24-56/h41-54H,15-40H2,1-14H3. The Morgan fingerprint density at radius 3 is 0.644 bits per heavy atom. The molecule has 0 N–H and O–H groups in total. The highest BCUT2D eigenvalue weighted by Crippen LogP contribution is 2.32. The zero-order chi connectivity index (χ0) is 44.6. The van der Waals surface area contributed by atoms with Crippen LogP contribution in [0.2, 0.25) is 0 Å². The van der Waals surface area contributed by atoms with Gasteiger partial charge < -0.3 is 14.2 Å². The number of halogens is 2. The van der Waals surface area contributed by atoms with E-state index in [1.807, 2.05) is 0 Å². The summed E-state index contributed by atoms with van der Waals surface area (Å²) in [7, 11) is 0. The van der Waals surface area contributed by atoms with Crippen molar-refractivity contribution in [2.24, 2.45) is 82.9 Å². The van der Waals surface area contributed by atoms with Crippen molar-refractivity contribution in [3.63, 3.8) is 0 Å². The van der Waals surface area contributed by atoms with E-state index in [4.69, 9.17) is 37.4 Å². The molecule has 0 amide bonds. The van der Waals surface area contributed by atoms with Crippen LogP contribution in [0.25, 0.3) is 0 Å². The highest BCUT2D eigenvalue weighted by atomic mass is 35.5. The van der Waals surface area contributed by atoms with Crippen LogP contribution in [-0.2, 0) is 14.2 Å². The number of alkyl halides is 2. The Balaban J connectivity index is 3.91. The van der Waals surface area contributed by atoms with Crippen LogP contribution in [0, 0.1) is 82.9 Å². The molecule has 0 bridgehead atoms. The van der Waals surface area contributed by atoms with Crippen molar-refractivity contribution in [2.45, 2.75) is 225 Å². The molecule has 0 saturated heterocycles. The first-order valence-corrected chi connectivity index (χ1v) is 26.8. The van der Waals surface area contributed by atoms with E-state index in [2.05, 4.69) is 96.9 Å². The molecule has 0 aliphatic heterocycles. The molecule has 0 aromatic rings. The molecule has 0 aromatic carbocycles. The minimum absolute atomic E-state index is 0.336. The van der Waals surface area contributed by atoms with Crippen LogP contribution in [0.15, 0.2) is 0 Å². The van der Waals surface area contributed by atoms with Gasteiger partial charge in [0.25, 0.3) is 0 Å². The van der Waals surface area contributed by atoms with Crippen molar-refractivity contribution >= 4 is 23.2 Å². The molecule has 5 heteroatoms. The molecule has 0 heterocycles. The van der Waals surface area contributed by atoms with Gasteiger partial charge in [-0.15, -0.1) is 23.2 Å². The lowest BCUT2D eigenvalue weighted by molar-refractivity contribution is -0.132. The van der Waals surface area contributed by atoms with Gasteiger partial charge in [-0.1, -0.05) is 96.9 Å². The van der Waals surface area contributed by atoms with Gasteiger partial charge in [-0.2, -0.15) is 0 Å². The second-order valence-corrected chi connectivity index (χ2v) is 23.3. The van der Waals surface area contributed by atoms with Crippen molar-refractivity contribution in [1.29, 1.82) is 0 Å². The molecule has 0 aliphatic rings. The lowest BCUT2D eigenvalue weighted by atomic mass is 9.80. The molecule has 0 spiro atoms. The summed E-state index contributed by atoms with van der Waals surface area (Å²) in [5.41, 5.74) is 0. The highest BCUT2D eigenvalue weighted by Gasteiger charge is 2.20. The Bertz CT molecular complexity index is 833. The van der Waals surface area contributed by atoms with E-state index in [-0.39, 0.29) is 0 Å². The van der Waals surface area contributed by atoms with Gasteiger partial charge in [0, 0.05) is 25.0 Å². The van der Waals surface area contributed by atoms with E-state index in [0.29, 0.717) is 13.6 Å². The number of hydrogen-bond acceptors (Lipinski definition) is 3. The fraction of sp³-hybridized carbons (Fsp3) is 1.00. The van der Waals surface area contributed by atoms with Crippen molar-refractivity contribution in [3.8, 4) is 0 Å². The Morgan fingerprint density at radius 1 is 0.254 bits per heavy atom. The predicted molar refractivity (Wildman–Crippen MR) is 265 cm³/mol. The molecule has 3 nitrogen and oxygen atoms in total. The van der Waals surface area contributed by atoms with Crippen LogP contribution >= 0.6 is 23.2 Å². The summed E-state index contributed by atoms with van der Waals surface area (Å²) in [6.07, 6.45) is 25.9. The average Bonchev–Trinajstić information content (AvgIpc) is 3.10. The molecule has 0 aromatic heterocycles. The zero-order valence-corrected chi connectivity index (χ0v) is 44.0. The SMILES string of the molecule is CC(CCCCl)CC(C)CC(C)CC(C)CC(C)CC(C)CC(C)CCCOCOCOCCCC(C)CC(C)CC(C)CC(C)CC(C)CC(C)CC(C)CCCCl. The maximum absolute atomic E-state index is 5.91. The van der Waals surface area contributed by atoms with E-state index in [0.717, 1.165) is 134 Å². The second kappa shape index (κ2) is 37.8. The summed E-state index contributed by atoms with van der Waals surface area (Å²) in [6.45, 7) is 36.7. The lowest BCUT2D eigenvalue weighted by Crippen LogP contribution is -2.14. The molecule has 14 atom stereocenters. The number of rotatable bonds is 42. The summed E-state index contributed by atoms with van der Waals surface area (Å²) in [5, 5.41) is 0. The first kappa shape index (κ1) is 59.5. The lowest BCUT2D eigenvalue weighted by Gasteiger charge is -2.26. The minimum Gasteiger partial charge on any atom is -0.355 e. The van der Waals surface area contributed by atoms with Gasteiger partial charge in [0.05, 0.1) is 0 Å². The van der Waals surface area contributed by atoms with E-state index in [9.17, 15) is 0 Å². The topological polar surface area (TPSA) is 27.7 Å². The molecule has 59 heavy (non-hydrogen) atoms.